The maximum Gasteiger partial charge on any atom is 0.138 e. The van der Waals surface area contributed by atoms with E-state index < -0.39 is 0 Å². The molecule has 0 aliphatic heterocycles. The fourth-order valence-corrected chi connectivity index (χ4v) is 1.62. The molecule has 0 saturated heterocycles. The number of rotatable bonds is 3. The number of aliphatic hydroxyl groups excluding tert-OH is 1. The van der Waals surface area contributed by atoms with Crippen molar-refractivity contribution in [3.8, 4) is 0 Å². The molecule has 0 radical (unpaired) electrons. The fraction of sp³-hybridized carbons (Fsp3) is 0.417. The zero-order valence-electron chi connectivity index (χ0n) is 9.88. The van der Waals surface area contributed by atoms with Crippen LogP contribution in [0.15, 0.2) is 30.6 Å². The Morgan fingerprint density at radius 2 is 2.19 bits per heavy atom. The molecule has 86 valence electrons. The van der Waals surface area contributed by atoms with Gasteiger partial charge in [0.05, 0.1) is 12.1 Å². The van der Waals surface area contributed by atoms with Crippen molar-refractivity contribution in [2.75, 3.05) is 18.6 Å². The molecule has 16 heavy (non-hydrogen) atoms. The van der Waals surface area contributed by atoms with Gasteiger partial charge in [-0.15, -0.1) is 0 Å². The smallest absolute Gasteiger partial charge is 0.138 e. The summed E-state index contributed by atoms with van der Waals surface area (Å²) in [5.74, 6) is 1.02. The first-order chi connectivity index (χ1) is 7.56. The molecule has 4 heteroatoms. The Bertz CT molecular complexity index is 490. The summed E-state index contributed by atoms with van der Waals surface area (Å²) in [4.78, 5) is 6.30. The molecule has 2 heterocycles. The highest BCUT2D eigenvalue weighted by Crippen LogP contribution is 2.22. The molecule has 0 bridgehead atoms. The molecule has 1 N–H and O–H groups in total. The molecule has 0 spiro atoms. The lowest BCUT2D eigenvalue weighted by Crippen LogP contribution is -2.45. The number of pyridine rings is 1. The minimum atomic E-state index is -0.293. The first-order valence-electron chi connectivity index (χ1n) is 5.33. The van der Waals surface area contributed by atoms with E-state index in [1.165, 1.54) is 0 Å². The topological polar surface area (TPSA) is 40.8 Å². The molecule has 0 aliphatic rings. The van der Waals surface area contributed by atoms with Gasteiger partial charge in [0.1, 0.15) is 11.5 Å². The Kier molecular flexibility index (Phi) is 2.59. The van der Waals surface area contributed by atoms with E-state index in [1.54, 1.807) is 6.20 Å². The maximum atomic E-state index is 9.38. The number of anilines is 1. The van der Waals surface area contributed by atoms with Gasteiger partial charge in [0, 0.05) is 19.4 Å². The van der Waals surface area contributed by atoms with E-state index in [0.717, 1.165) is 11.5 Å². The van der Waals surface area contributed by atoms with Crippen LogP contribution >= 0.6 is 0 Å². The lowest BCUT2D eigenvalue weighted by atomic mass is 10.1. The Labute approximate surface area is 95.1 Å². The van der Waals surface area contributed by atoms with E-state index in [9.17, 15) is 5.11 Å². The van der Waals surface area contributed by atoms with Crippen LogP contribution in [0.2, 0.25) is 0 Å². The summed E-state index contributed by atoms with van der Waals surface area (Å²) in [7, 11) is 1.98. The molecule has 2 aromatic heterocycles. The second kappa shape index (κ2) is 3.79. The van der Waals surface area contributed by atoms with Gasteiger partial charge in [0.15, 0.2) is 0 Å². The monoisotopic (exact) mass is 219 g/mol. The van der Waals surface area contributed by atoms with E-state index in [4.69, 9.17) is 0 Å². The molecule has 4 nitrogen and oxygen atoms in total. The molecule has 0 unspecified atom stereocenters. The van der Waals surface area contributed by atoms with Gasteiger partial charge in [0.25, 0.3) is 0 Å². The van der Waals surface area contributed by atoms with Crippen LogP contribution < -0.4 is 4.90 Å². The molecule has 0 aliphatic carbocycles. The van der Waals surface area contributed by atoms with E-state index in [-0.39, 0.29) is 12.1 Å². The van der Waals surface area contributed by atoms with Crippen LogP contribution in [0.1, 0.15) is 13.8 Å². The highest BCUT2D eigenvalue weighted by Gasteiger charge is 2.24. The van der Waals surface area contributed by atoms with Crippen LogP contribution in [0.3, 0.4) is 0 Å². The van der Waals surface area contributed by atoms with Gasteiger partial charge in [-0.05, 0) is 26.0 Å². The summed E-state index contributed by atoms with van der Waals surface area (Å²) in [6.45, 7) is 4.11. The SMILES string of the molecule is CN(c1cccc2nccn12)C(C)(C)CO. The molecule has 0 atom stereocenters. The highest BCUT2D eigenvalue weighted by molar-refractivity contribution is 5.52. The maximum absolute atomic E-state index is 9.38. The fourth-order valence-electron chi connectivity index (χ4n) is 1.62. The summed E-state index contributed by atoms with van der Waals surface area (Å²) in [5, 5.41) is 9.38. The lowest BCUT2D eigenvalue weighted by Gasteiger charge is -2.36. The van der Waals surface area contributed by atoms with Crippen molar-refractivity contribution in [2.45, 2.75) is 19.4 Å². The van der Waals surface area contributed by atoms with Crippen molar-refractivity contribution >= 4 is 11.5 Å². The number of hydrogen-bond donors (Lipinski definition) is 1. The number of aliphatic hydroxyl groups is 1. The average molecular weight is 219 g/mol. The minimum Gasteiger partial charge on any atom is -0.394 e. The molecule has 0 saturated carbocycles. The van der Waals surface area contributed by atoms with Gasteiger partial charge in [-0.25, -0.2) is 4.98 Å². The molecule has 0 aromatic carbocycles. The second-order valence-corrected chi connectivity index (χ2v) is 4.57. The van der Waals surface area contributed by atoms with Crippen LogP contribution in [0.5, 0.6) is 0 Å². The molecule has 2 rings (SSSR count). The Balaban J connectivity index is 2.51. The van der Waals surface area contributed by atoms with E-state index in [0.29, 0.717) is 0 Å². The largest absolute Gasteiger partial charge is 0.394 e. The molecule has 2 aromatic rings. The van der Waals surface area contributed by atoms with Gasteiger partial charge in [-0.3, -0.25) is 4.40 Å². The highest BCUT2D eigenvalue weighted by atomic mass is 16.3. The summed E-state index contributed by atoms with van der Waals surface area (Å²) in [6, 6.07) is 5.96. The van der Waals surface area contributed by atoms with Crippen molar-refractivity contribution in [3.05, 3.63) is 30.6 Å². The lowest BCUT2D eigenvalue weighted by molar-refractivity contribution is 0.215. The average Bonchev–Trinajstić information content (AvgIpc) is 2.75. The predicted octanol–water partition coefficient (Wildman–Crippen LogP) is 1.54. The zero-order chi connectivity index (χ0) is 11.8. The molecular formula is C12H17N3O. The van der Waals surface area contributed by atoms with Crippen molar-refractivity contribution in [1.82, 2.24) is 9.38 Å². The number of imidazole rings is 1. The van der Waals surface area contributed by atoms with Crippen molar-refractivity contribution in [3.63, 3.8) is 0 Å². The number of hydrogen-bond acceptors (Lipinski definition) is 3. The summed E-state index contributed by atoms with van der Waals surface area (Å²) in [5.41, 5.74) is 0.622. The van der Waals surface area contributed by atoms with Gasteiger partial charge >= 0.3 is 0 Å². The van der Waals surface area contributed by atoms with Crippen LogP contribution in [0.4, 0.5) is 5.82 Å². The quantitative estimate of drug-likeness (QED) is 0.851. The molecule has 0 amide bonds. The number of likely N-dealkylation sites (N-methyl/N-ethyl adjacent to an activating group) is 1. The van der Waals surface area contributed by atoms with Crippen molar-refractivity contribution in [2.24, 2.45) is 0 Å². The van der Waals surface area contributed by atoms with E-state index in [1.807, 2.05) is 49.7 Å². The van der Waals surface area contributed by atoms with Gasteiger partial charge in [-0.2, -0.15) is 0 Å². The summed E-state index contributed by atoms with van der Waals surface area (Å²) >= 11 is 0. The third-order valence-corrected chi connectivity index (χ3v) is 3.05. The predicted molar refractivity (Wildman–Crippen MR) is 64.8 cm³/mol. The Morgan fingerprint density at radius 3 is 2.88 bits per heavy atom. The third kappa shape index (κ3) is 1.65. The van der Waals surface area contributed by atoms with Gasteiger partial charge < -0.3 is 10.0 Å². The standard InChI is InChI=1S/C12H17N3O/c1-12(2,9-16)14(3)11-6-4-5-10-13-7-8-15(10)11/h4-8,16H,9H2,1-3H3. The van der Waals surface area contributed by atoms with Gasteiger partial charge in [-0.1, -0.05) is 6.07 Å². The number of fused-ring (bicyclic) bond motifs is 1. The third-order valence-electron chi connectivity index (χ3n) is 3.05. The van der Waals surface area contributed by atoms with Crippen molar-refractivity contribution < 1.29 is 5.11 Å². The Hall–Kier alpha value is -1.55. The normalized spacial score (nSPS) is 12.0. The second-order valence-electron chi connectivity index (χ2n) is 4.57. The van der Waals surface area contributed by atoms with Crippen molar-refractivity contribution in [1.29, 1.82) is 0 Å². The zero-order valence-corrected chi connectivity index (χ0v) is 9.88. The first-order valence-corrected chi connectivity index (χ1v) is 5.33. The molecule has 0 fully saturated rings. The number of aromatic nitrogens is 2. The summed E-state index contributed by atoms with van der Waals surface area (Å²) in [6.07, 6.45) is 3.70. The molecular weight excluding hydrogens is 202 g/mol. The number of nitrogens with zero attached hydrogens (tertiary/aromatic N) is 3. The summed E-state index contributed by atoms with van der Waals surface area (Å²) < 4.78 is 2.01. The van der Waals surface area contributed by atoms with Crippen LogP contribution in [-0.4, -0.2) is 33.7 Å². The van der Waals surface area contributed by atoms with Crippen LogP contribution in [0.25, 0.3) is 5.65 Å². The van der Waals surface area contributed by atoms with E-state index >= 15 is 0 Å². The van der Waals surface area contributed by atoms with E-state index in [2.05, 4.69) is 9.88 Å². The van der Waals surface area contributed by atoms with Crippen LogP contribution in [-0.2, 0) is 0 Å². The van der Waals surface area contributed by atoms with Gasteiger partial charge in [0.2, 0.25) is 0 Å². The van der Waals surface area contributed by atoms with Crippen LogP contribution in [0, 0.1) is 0 Å². The minimum absolute atomic E-state index is 0.106. The Morgan fingerprint density at radius 1 is 1.44 bits per heavy atom. The first kappa shape index (κ1) is 11.0.